The van der Waals surface area contributed by atoms with E-state index in [4.69, 9.17) is 0 Å². The fourth-order valence-electron chi connectivity index (χ4n) is 2.40. The molecule has 1 amide bonds. The Labute approximate surface area is 159 Å². The summed E-state index contributed by atoms with van der Waals surface area (Å²) < 4.78 is 54.1. The first kappa shape index (κ1) is 19.5. The van der Waals surface area contributed by atoms with Gasteiger partial charge in [-0.3, -0.25) is 14.6 Å². The van der Waals surface area contributed by atoms with Gasteiger partial charge in [-0.1, -0.05) is 23.8 Å². The standard InChI is InChI=1S/C18H16F2N4O3S/c1-11-2-6-14(7-3-11)24-28(26,27)18-15(10-22-23-18)17(25)21-9-12-4-5-13(19)8-16(12)20/h2-8,10,24H,9H2,1H3,(H,21,25)(H,22,23). The lowest BCUT2D eigenvalue weighted by molar-refractivity contribution is 0.0947. The molecule has 2 aromatic carbocycles. The first-order chi connectivity index (χ1) is 13.3. The highest BCUT2D eigenvalue weighted by Crippen LogP contribution is 2.18. The Hall–Kier alpha value is -3.27. The topological polar surface area (TPSA) is 104 Å². The molecule has 0 atom stereocenters. The number of benzene rings is 2. The predicted molar refractivity (Wildman–Crippen MR) is 98.1 cm³/mol. The van der Waals surface area contributed by atoms with Crippen LogP contribution in [-0.4, -0.2) is 24.5 Å². The van der Waals surface area contributed by atoms with Crippen molar-refractivity contribution in [1.82, 2.24) is 15.5 Å². The SMILES string of the molecule is Cc1ccc(NS(=O)(=O)c2[nH]ncc2C(=O)NCc2ccc(F)cc2F)cc1. The van der Waals surface area contributed by atoms with Crippen molar-refractivity contribution in [3.63, 3.8) is 0 Å². The van der Waals surface area contributed by atoms with E-state index in [9.17, 15) is 22.0 Å². The molecule has 0 aliphatic heterocycles. The number of H-pyrrole nitrogens is 1. The second kappa shape index (κ2) is 7.77. The first-order valence-corrected chi connectivity index (χ1v) is 9.59. The van der Waals surface area contributed by atoms with Gasteiger partial charge in [-0.25, -0.2) is 8.78 Å². The van der Waals surface area contributed by atoms with E-state index in [1.54, 1.807) is 24.3 Å². The number of aromatic nitrogens is 2. The number of rotatable bonds is 6. The van der Waals surface area contributed by atoms with Crippen LogP contribution in [0.25, 0.3) is 0 Å². The average Bonchev–Trinajstić information content (AvgIpc) is 3.13. The van der Waals surface area contributed by atoms with Crippen LogP contribution in [0.2, 0.25) is 0 Å². The summed E-state index contributed by atoms with van der Waals surface area (Å²) in [5, 5.41) is 7.88. The molecule has 3 aromatic rings. The van der Waals surface area contributed by atoms with Gasteiger partial charge in [-0.2, -0.15) is 13.5 Å². The normalized spacial score (nSPS) is 11.2. The summed E-state index contributed by atoms with van der Waals surface area (Å²) in [5.41, 5.74) is 1.10. The minimum atomic E-state index is -4.11. The third-order valence-electron chi connectivity index (χ3n) is 3.88. The molecule has 0 saturated heterocycles. The van der Waals surface area contributed by atoms with Crippen molar-refractivity contribution in [3.8, 4) is 0 Å². The largest absolute Gasteiger partial charge is 0.348 e. The van der Waals surface area contributed by atoms with E-state index in [0.29, 0.717) is 11.8 Å². The molecule has 0 bridgehead atoms. The number of carbonyl (C=O) groups excluding carboxylic acids is 1. The van der Waals surface area contributed by atoms with Crippen molar-refractivity contribution in [2.45, 2.75) is 18.5 Å². The maximum Gasteiger partial charge on any atom is 0.279 e. The summed E-state index contributed by atoms with van der Waals surface area (Å²) in [4.78, 5) is 12.4. The van der Waals surface area contributed by atoms with Crippen LogP contribution >= 0.6 is 0 Å². The highest BCUT2D eigenvalue weighted by Gasteiger charge is 2.25. The van der Waals surface area contributed by atoms with Gasteiger partial charge in [0.1, 0.15) is 11.6 Å². The van der Waals surface area contributed by atoms with Crippen molar-refractivity contribution in [3.05, 3.63) is 77.0 Å². The molecule has 3 rings (SSSR count). The van der Waals surface area contributed by atoms with Gasteiger partial charge in [-0.15, -0.1) is 0 Å². The molecule has 0 spiro atoms. The number of carbonyl (C=O) groups is 1. The second-order valence-corrected chi connectivity index (χ2v) is 7.62. The zero-order chi connectivity index (χ0) is 20.3. The summed E-state index contributed by atoms with van der Waals surface area (Å²) >= 11 is 0. The monoisotopic (exact) mass is 406 g/mol. The van der Waals surface area contributed by atoms with E-state index >= 15 is 0 Å². The molecule has 10 heteroatoms. The number of nitrogens with zero attached hydrogens (tertiary/aromatic N) is 1. The van der Waals surface area contributed by atoms with E-state index in [1.807, 2.05) is 6.92 Å². The molecule has 0 aliphatic carbocycles. The van der Waals surface area contributed by atoms with Gasteiger partial charge < -0.3 is 5.32 Å². The molecular formula is C18H16F2N4O3S. The zero-order valence-corrected chi connectivity index (χ0v) is 15.5. The summed E-state index contributed by atoms with van der Waals surface area (Å²) in [6.45, 7) is 1.61. The van der Waals surface area contributed by atoms with Crippen LogP contribution in [0.1, 0.15) is 21.5 Å². The minimum Gasteiger partial charge on any atom is -0.348 e. The van der Waals surface area contributed by atoms with E-state index < -0.39 is 32.6 Å². The molecule has 0 aliphatic rings. The Kier molecular flexibility index (Phi) is 5.41. The molecule has 0 saturated carbocycles. The summed E-state index contributed by atoms with van der Waals surface area (Å²) in [7, 11) is -4.11. The van der Waals surface area contributed by atoms with Crippen LogP contribution in [0.3, 0.4) is 0 Å². The third-order valence-corrected chi connectivity index (χ3v) is 5.23. The molecule has 0 fully saturated rings. The fraction of sp³-hybridized carbons (Fsp3) is 0.111. The highest BCUT2D eigenvalue weighted by atomic mass is 32.2. The van der Waals surface area contributed by atoms with Crippen molar-refractivity contribution in [2.75, 3.05) is 4.72 Å². The Morgan fingerprint density at radius 2 is 1.86 bits per heavy atom. The van der Waals surface area contributed by atoms with Crippen LogP contribution in [0.15, 0.2) is 53.7 Å². The lowest BCUT2D eigenvalue weighted by Gasteiger charge is -2.09. The van der Waals surface area contributed by atoms with Gasteiger partial charge >= 0.3 is 0 Å². The van der Waals surface area contributed by atoms with Gasteiger partial charge in [0.2, 0.25) is 0 Å². The molecule has 28 heavy (non-hydrogen) atoms. The summed E-state index contributed by atoms with van der Waals surface area (Å²) in [5.74, 6) is -2.33. The zero-order valence-electron chi connectivity index (χ0n) is 14.7. The lowest BCUT2D eigenvalue weighted by atomic mass is 10.2. The number of amides is 1. The smallest absolute Gasteiger partial charge is 0.279 e. The number of aromatic amines is 1. The second-order valence-electron chi connectivity index (χ2n) is 6.00. The van der Waals surface area contributed by atoms with Crippen molar-refractivity contribution in [1.29, 1.82) is 0 Å². The van der Waals surface area contributed by atoms with Crippen LogP contribution in [0.4, 0.5) is 14.5 Å². The van der Waals surface area contributed by atoms with E-state index in [1.165, 1.54) is 6.07 Å². The number of halogens is 2. The molecule has 3 N–H and O–H groups in total. The number of aryl methyl sites for hydroxylation is 1. The predicted octanol–water partition coefficient (Wildman–Crippen LogP) is 2.73. The highest BCUT2D eigenvalue weighted by molar-refractivity contribution is 7.92. The van der Waals surface area contributed by atoms with Crippen LogP contribution in [-0.2, 0) is 16.6 Å². The maximum absolute atomic E-state index is 13.7. The fourth-order valence-corrected chi connectivity index (χ4v) is 3.56. The Morgan fingerprint density at radius 3 is 2.54 bits per heavy atom. The van der Waals surface area contributed by atoms with E-state index in [2.05, 4.69) is 20.2 Å². The van der Waals surface area contributed by atoms with Crippen LogP contribution < -0.4 is 10.0 Å². The molecule has 7 nitrogen and oxygen atoms in total. The summed E-state index contributed by atoms with van der Waals surface area (Å²) in [6, 6.07) is 9.58. The van der Waals surface area contributed by atoms with Crippen LogP contribution in [0.5, 0.6) is 0 Å². The molecule has 146 valence electrons. The Morgan fingerprint density at radius 1 is 1.14 bits per heavy atom. The van der Waals surface area contributed by atoms with Crippen LogP contribution in [0, 0.1) is 18.6 Å². The van der Waals surface area contributed by atoms with Crippen molar-refractivity contribution < 1.29 is 22.0 Å². The maximum atomic E-state index is 13.7. The lowest BCUT2D eigenvalue weighted by Crippen LogP contribution is -2.26. The van der Waals surface area contributed by atoms with Gasteiger partial charge in [0.05, 0.1) is 11.8 Å². The molecule has 0 unspecified atom stereocenters. The van der Waals surface area contributed by atoms with Gasteiger partial charge in [0.15, 0.2) is 5.03 Å². The van der Waals surface area contributed by atoms with Gasteiger partial charge in [0.25, 0.3) is 15.9 Å². The molecule has 1 aromatic heterocycles. The number of hydrogen-bond donors (Lipinski definition) is 3. The first-order valence-electron chi connectivity index (χ1n) is 8.11. The van der Waals surface area contributed by atoms with Crippen molar-refractivity contribution in [2.24, 2.45) is 0 Å². The molecular weight excluding hydrogens is 390 g/mol. The number of anilines is 1. The van der Waals surface area contributed by atoms with E-state index in [0.717, 1.165) is 17.8 Å². The average molecular weight is 406 g/mol. The number of sulfonamides is 1. The minimum absolute atomic E-state index is 0.0560. The Bertz CT molecular complexity index is 1110. The number of nitrogens with one attached hydrogen (secondary N) is 3. The summed E-state index contributed by atoms with van der Waals surface area (Å²) in [6.07, 6.45) is 1.06. The van der Waals surface area contributed by atoms with E-state index in [-0.39, 0.29) is 17.7 Å². The Balaban J connectivity index is 1.76. The molecule has 1 heterocycles. The third kappa shape index (κ3) is 4.34. The van der Waals surface area contributed by atoms with Crippen molar-refractivity contribution >= 4 is 21.6 Å². The van der Waals surface area contributed by atoms with Gasteiger partial charge in [-0.05, 0) is 25.1 Å². The molecule has 0 radical (unpaired) electrons. The number of hydrogen-bond acceptors (Lipinski definition) is 4. The van der Waals surface area contributed by atoms with Gasteiger partial charge in [0, 0.05) is 23.9 Å². The quantitative estimate of drug-likeness (QED) is 0.586.